The summed E-state index contributed by atoms with van der Waals surface area (Å²) in [7, 11) is 0. The summed E-state index contributed by atoms with van der Waals surface area (Å²) in [5, 5.41) is 7.14. The van der Waals surface area contributed by atoms with Crippen LogP contribution < -0.4 is 5.32 Å². The van der Waals surface area contributed by atoms with Gasteiger partial charge in [0.15, 0.2) is 0 Å². The molecule has 9 heteroatoms. The minimum atomic E-state index is -0.00165. The number of imidazole rings is 1. The van der Waals surface area contributed by atoms with E-state index in [1.54, 1.807) is 12.7 Å². The van der Waals surface area contributed by atoms with Crippen molar-refractivity contribution in [2.75, 3.05) is 32.7 Å². The molecule has 0 spiro atoms. The largest absolute Gasteiger partial charge is 0.333 e. The van der Waals surface area contributed by atoms with E-state index < -0.39 is 0 Å². The number of piperazine rings is 1. The van der Waals surface area contributed by atoms with Gasteiger partial charge in [-0.1, -0.05) is 13.8 Å². The van der Waals surface area contributed by atoms with Crippen LogP contribution in [0.5, 0.6) is 0 Å². The van der Waals surface area contributed by atoms with E-state index in [9.17, 15) is 4.79 Å². The van der Waals surface area contributed by atoms with Gasteiger partial charge in [-0.2, -0.15) is 5.10 Å². The minimum absolute atomic E-state index is 0.00165. The fourth-order valence-corrected chi connectivity index (χ4v) is 3.10. The summed E-state index contributed by atoms with van der Waals surface area (Å²) in [6.07, 6.45) is 6.93. The highest BCUT2D eigenvalue weighted by Gasteiger charge is 2.21. The standard InChI is InChI=1S/C17H28N8O/c1-15(2)11-24-13-18-9-16(24)10-20-17(26)23-6-3-22(4-7-23)5-8-25-14-19-12-21-25/h9,12-15H,3-8,10-11H2,1-2H3,(H,20,26). The number of nitrogens with one attached hydrogen (secondary N) is 1. The van der Waals surface area contributed by atoms with E-state index in [0.29, 0.717) is 12.5 Å². The molecule has 3 heterocycles. The molecule has 9 nitrogen and oxygen atoms in total. The van der Waals surface area contributed by atoms with E-state index in [0.717, 1.165) is 51.5 Å². The Balaban J connectivity index is 1.39. The molecule has 26 heavy (non-hydrogen) atoms. The van der Waals surface area contributed by atoms with Crippen LogP contribution in [-0.4, -0.2) is 72.9 Å². The van der Waals surface area contributed by atoms with E-state index in [1.165, 1.54) is 0 Å². The van der Waals surface area contributed by atoms with Gasteiger partial charge in [0.05, 0.1) is 25.1 Å². The monoisotopic (exact) mass is 360 g/mol. The Labute approximate surface area is 154 Å². The molecule has 1 aliphatic rings. The van der Waals surface area contributed by atoms with Gasteiger partial charge < -0.3 is 14.8 Å². The minimum Gasteiger partial charge on any atom is -0.333 e. The second-order valence-corrected chi connectivity index (χ2v) is 7.08. The SMILES string of the molecule is CC(C)Cn1cncc1CNC(=O)N1CCN(CCn2cncn2)CC1. The summed E-state index contributed by atoms with van der Waals surface area (Å²) < 4.78 is 3.94. The van der Waals surface area contributed by atoms with Crippen molar-refractivity contribution in [3.8, 4) is 0 Å². The van der Waals surface area contributed by atoms with Crippen LogP contribution >= 0.6 is 0 Å². The van der Waals surface area contributed by atoms with Crippen molar-refractivity contribution in [1.82, 2.24) is 39.4 Å². The van der Waals surface area contributed by atoms with E-state index in [2.05, 4.69) is 43.7 Å². The average Bonchev–Trinajstić information content (AvgIpc) is 3.30. The molecule has 0 saturated carbocycles. The van der Waals surface area contributed by atoms with Gasteiger partial charge in [0.25, 0.3) is 0 Å². The number of hydrogen-bond donors (Lipinski definition) is 1. The molecule has 0 atom stereocenters. The van der Waals surface area contributed by atoms with E-state index >= 15 is 0 Å². The lowest BCUT2D eigenvalue weighted by Crippen LogP contribution is -2.52. The summed E-state index contributed by atoms with van der Waals surface area (Å²) in [4.78, 5) is 24.8. The molecule has 3 rings (SSSR count). The van der Waals surface area contributed by atoms with Gasteiger partial charge in [-0.15, -0.1) is 0 Å². The zero-order chi connectivity index (χ0) is 18.4. The highest BCUT2D eigenvalue weighted by Crippen LogP contribution is 2.06. The Kier molecular flexibility index (Phi) is 6.21. The zero-order valence-corrected chi connectivity index (χ0v) is 15.6. The summed E-state index contributed by atoms with van der Waals surface area (Å²) >= 11 is 0. The average molecular weight is 360 g/mol. The molecule has 0 radical (unpaired) electrons. The number of aromatic nitrogens is 5. The Hall–Kier alpha value is -2.42. The van der Waals surface area contributed by atoms with Crippen LogP contribution in [0, 0.1) is 5.92 Å². The molecule has 2 aromatic rings. The molecule has 1 aliphatic heterocycles. The first-order valence-corrected chi connectivity index (χ1v) is 9.18. The number of urea groups is 1. The van der Waals surface area contributed by atoms with Crippen molar-refractivity contribution in [2.24, 2.45) is 5.92 Å². The van der Waals surface area contributed by atoms with Gasteiger partial charge in [0.1, 0.15) is 12.7 Å². The zero-order valence-electron chi connectivity index (χ0n) is 15.6. The Morgan fingerprint density at radius 2 is 1.96 bits per heavy atom. The molecule has 1 fully saturated rings. The predicted octanol–water partition coefficient (Wildman–Crippen LogP) is 0.658. The van der Waals surface area contributed by atoms with Crippen LogP contribution in [0.4, 0.5) is 4.79 Å². The van der Waals surface area contributed by atoms with E-state index in [-0.39, 0.29) is 6.03 Å². The fraction of sp³-hybridized carbons (Fsp3) is 0.647. The number of amides is 2. The predicted molar refractivity (Wildman–Crippen MR) is 97.3 cm³/mol. The molecule has 1 saturated heterocycles. The maximum atomic E-state index is 12.4. The highest BCUT2D eigenvalue weighted by atomic mass is 16.2. The van der Waals surface area contributed by atoms with Crippen LogP contribution in [0.25, 0.3) is 0 Å². The molecule has 1 N–H and O–H groups in total. The number of carbonyl (C=O) groups excluding carboxylic acids is 1. The number of rotatable bonds is 7. The number of hydrogen-bond acceptors (Lipinski definition) is 5. The molecule has 2 aromatic heterocycles. The van der Waals surface area contributed by atoms with Crippen molar-refractivity contribution in [3.05, 3.63) is 30.9 Å². The number of nitrogens with zero attached hydrogens (tertiary/aromatic N) is 7. The lowest BCUT2D eigenvalue weighted by atomic mass is 10.2. The second-order valence-electron chi connectivity index (χ2n) is 7.08. The maximum Gasteiger partial charge on any atom is 0.317 e. The van der Waals surface area contributed by atoms with E-state index in [4.69, 9.17) is 0 Å². The Bertz CT molecular complexity index is 673. The molecular formula is C17H28N8O. The van der Waals surface area contributed by atoms with Crippen molar-refractivity contribution in [3.63, 3.8) is 0 Å². The summed E-state index contributed by atoms with van der Waals surface area (Å²) in [5.41, 5.74) is 1.04. The van der Waals surface area contributed by atoms with Gasteiger partial charge in [-0.3, -0.25) is 9.58 Å². The lowest BCUT2D eigenvalue weighted by molar-refractivity contribution is 0.135. The third-order valence-electron chi connectivity index (χ3n) is 4.55. The normalized spacial score (nSPS) is 15.6. The second kappa shape index (κ2) is 8.79. The Morgan fingerprint density at radius 1 is 1.15 bits per heavy atom. The van der Waals surface area contributed by atoms with Crippen molar-refractivity contribution < 1.29 is 4.79 Å². The van der Waals surface area contributed by atoms with Gasteiger partial charge in [-0.25, -0.2) is 14.8 Å². The van der Waals surface area contributed by atoms with Crippen LogP contribution in [0.2, 0.25) is 0 Å². The molecule has 0 unspecified atom stereocenters. The Morgan fingerprint density at radius 3 is 2.65 bits per heavy atom. The van der Waals surface area contributed by atoms with Crippen LogP contribution in [0.15, 0.2) is 25.2 Å². The summed E-state index contributed by atoms with van der Waals surface area (Å²) in [5.74, 6) is 0.546. The lowest BCUT2D eigenvalue weighted by Gasteiger charge is -2.34. The van der Waals surface area contributed by atoms with E-state index in [1.807, 2.05) is 22.1 Å². The van der Waals surface area contributed by atoms with Gasteiger partial charge >= 0.3 is 6.03 Å². The molecule has 0 bridgehead atoms. The van der Waals surface area contributed by atoms with Gasteiger partial charge in [0.2, 0.25) is 0 Å². The van der Waals surface area contributed by atoms with Gasteiger partial charge in [0, 0.05) is 45.5 Å². The number of carbonyl (C=O) groups is 1. The summed E-state index contributed by atoms with van der Waals surface area (Å²) in [6.45, 7) is 10.8. The van der Waals surface area contributed by atoms with Gasteiger partial charge in [-0.05, 0) is 5.92 Å². The van der Waals surface area contributed by atoms with Crippen molar-refractivity contribution >= 4 is 6.03 Å². The topological polar surface area (TPSA) is 84.1 Å². The van der Waals surface area contributed by atoms with Crippen molar-refractivity contribution in [1.29, 1.82) is 0 Å². The molecule has 2 amide bonds. The quantitative estimate of drug-likeness (QED) is 0.784. The third-order valence-corrected chi connectivity index (χ3v) is 4.55. The maximum absolute atomic E-state index is 12.4. The van der Waals surface area contributed by atoms with Crippen LogP contribution in [0.3, 0.4) is 0 Å². The van der Waals surface area contributed by atoms with Crippen LogP contribution in [0.1, 0.15) is 19.5 Å². The third kappa shape index (κ3) is 5.04. The molecule has 0 aliphatic carbocycles. The first-order chi connectivity index (χ1) is 12.6. The highest BCUT2D eigenvalue weighted by molar-refractivity contribution is 5.74. The molecule has 0 aromatic carbocycles. The smallest absolute Gasteiger partial charge is 0.317 e. The fourth-order valence-electron chi connectivity index (χ4n) is 3.10. The first-order valence-electron chi connectivity index (χ1n) is 9.18. The summed E-state index contributed by atoms with van der Waals surface area (Å²) in [6, 6.07) is -0.00165. The molecule has 142 valence electrons. The molecular weight excluding hydrogens is 332 g/mol. The first kappa shape index (κ1) is 18.4. The van der Waals surface area contributed by atoms with Crippen LogP contribution in [-0.2, 0) is 19.6 Å². The van der Waals surface area contributed by atoms with Crippen molar-refractivity contribution in [2.45, 2.75) is 33.5 Å².